The van der Waals surface area contributed by atoms with Gasteiger partial charge >= 0.3 is 5.97 Å². The monoisotopic (exact) mass is 464 g/mol. The third-order valence-corrected chi connectivity index (χ3v) is 7.14. The van der Waals surface area contributed by atoms with Crippen LogP contribution in [-0.2, 0) is 16.1 Å². The Bertz CT molecular complexity index is 1100. The lowest BCUT2D eigenvalue weighted by molar-refractivity contribution is -0.113. The minimum Gasteiger partial charge on any atom is -0.457 e. The fourth-order valence-corrected chi connectivity index (χ4v) is 5.30. The smallest absolute Gasteiger partial charge is 0.338 e. The summed E-state index contributed by atoms with van der Waals surface area (Å²) in [4.78, 5) is 20.6. The molecule has 0 amide bonds. The number of hydrogen-bond donors (Lipinski definition) is 2. The quantitative estimate of drug-likeness (QED) is 0.605. The second-order valence-electron chi connectivity index (χ2n) is 9.26. The summed E-state index contributed by atoms with van der Waals surface area (Å²) in [6, 6.07) is 9.17. The highest BCUT2D eigenvalue weighted by molar-refractivity contribution is 5.93. The molecule has 1 aromatic carbocycles. The number of cyclic esters (lactones) is 1. The molecule has 2 saturated heterocycles. The van der Waals surface area contributed by atoms with E-state index in [2.05, 4.69) is 14.8 Å². The SMILES string of the molecule is Cc1c([C@H](O)CN2C3COCC2CN(CC(O)c2ccc(C#N)cn2)C3)ccc2c1COC2=O. The molecule has 34 heavy (non-hydrogen) atoms. The number of aromatic nitrogens is 1. The van der Waals surface area contributed by atoms with Crippen LogP contribution in [0, 0.1) is 18.3 Å². The molecule has 0 radical (unpaired) electrons. The van der Waals surface area contributed by atoms with Crippen LogP contribution in [0.2, 0.25) is 0 Å². The summed E-state index contributed by atoms with van der Waals surface area (Å²) in [5, 5.41) is 30.7. The second-order valence-corrected chi connectivity index (χ2v) is 9.26. The number of hydrogen-bond acceptors (Lipinski definition) is 9. The van der Waals surface area contributed by atoms with Crippen molar-refractivity contribution in [1.29, 1.82) is 5.26 Å². The van der Waals surface area contributed by atoms with E-state index in [0.717, 1.165) is 16.7 Å². The van der Waals surface area contributed by atoms with Crippen LogP contribution in [0.3, 0.4) is 0 Å². The van der Waals surface area contributed by atoms with Gasteiger partial charge in [-0.2, -0.15) is 5.26 Å². The molecule has 178 valence electrons. The molecule has 5 rings (SSSR count). The number of nitrogens with zero attached hydrogens (tertiary/aromatic N) is 4. The number of fused-ring (bicyclic) bond motifs is 3. The van der Waals surface area contributed by atoms with Gasteiger partial charge in [0, 0.05) is 50.0 Å². The van der Waals surface area contributed by atoms with Gasteiger partial charge in [0.25, 0.3) is 0 Å². The summed E-state index contributed by atoms with van der Waals surface area (Å²) in [6.07, 6.45) is 0.0401. The topological polar surface area (TPSA) is 119 Å². The molecule has 3 aliphatic heterocycles. The standard InChI is InChI=1S/C25H28N4O5/c1-15-19(3-4-20-21(15)14-34-25(20)32)23(30)11-29-17-8-28(9-18(29)13-33-12-17)10-24(31)22-5-2-16(6-26)7-27-22/h2-5,7,17-18,23-24,30-31H,8-14H2,1H3/t17?,18?,23-,24?/m1/s1. The first-order valence-corrected chi connectivity index (χ1v) is 11.5. The minimum absolute atomic E-state index is 0.0999. The van der Waals surface area contributed by atoms with E-state index in [1.807, 2.05) is 19.1 Å². The Labute approximate surface area is 198 Å². The number of aliphatic hydroxyl groups is 2. The van der Waals surface area contributed by atoms with Crippen molar-refractivity contribution in [2.75, 3.05) is 39.4 Å². The van der Waals surface area contributed by atoms with Crippen molar-refractivity contribution in [2.24, 2.45) is 0 Å². The molecule has 2 N–H and O–H groups in total. The molecule has 2 aromatic rings. The van der Waals surface area contributed by atoms with E-state index in [4.69, 9.17) is 14.7 Å². The van der Waals surface area contributed by atoms with Gasteiger partial charge in [0.15, 0.2) is 0 Å². The van der Waals surface area contributed by atoms with Crippen LogP contribution in [0.15, 0.2) is 30.5 Å². The summed E-state index contributed by atoms with van der Waals surface area (Å²) in [5.41, 5.74) is 4.19. The Hall–Kier alpha value is -2.87. The lowest BCUT2D eigenvalue weighted by atomic mass is 9.94. The van der Waals surface area contributed by atoms with Crippen LogP contribution in [0.25, 0.3) is 0 Å². The van der Waals surface area contributed by atoms with Crippen molar-refractivity contribution in [2.45, 2.75) is 37.8 Å². The van der Waals surface area contributed by atoms with Crippen molar-refractivity contribution >= 4 is 5.97 Å². The number of carbonyl (C=O) groups excluding carboxylic acids is 1. The molecule has 0 saturated carbocycles. The predicted molar refractivity (Wildman–Crippen MR) is 121 cm³/mol. The van der Waals surface area contributed by atoms with Crippen LogP contribution in [-0.4, -0.2) is 82.4 Å². The average molecular weight is 465 g/mol. The lowest BCUT2D eigenvalue weighted by Crippen LogP contribution is -2.65. The van der Waals surface area contributed by atoms with E-state index in [1.165, 1.54) is 6.20 Å². The van der Waals surface area contributed by atoms with Crippen molar-refractivity contribution in [3.05, 3.63) is 64.0 Å². The van der Waals surface area contributed by atoms with E-state index < -0.39 is 12.2 Å². The van der Waals surface area contributed by atoms with Crippen LogP contribution < -0.4 is 0 Å². The predicted octanol–water partition coefficient (Wildman–Crippen LogP) is 1.08. The Morgan fingerprint density at radius 1 is 1.15 bits per heavy atom. The third-order valence-electron chi connectivity index (χ3n) is 7.14. The number of morpholine rings is 1. The maximum Gasteiger partial charge on any atom is 0.338 e. The second kappa shape index (κ2) is 9.41. The number of ether oxygens (including phenoxy) is 2. The third kappa shape index (κ3) is 4.31. The number of benzene rings is 1. The van der Waals surface area contributed by atoms with Crippen LogP contribution in [0.5, 0.6) is 0 Å². The number of pyridine rings is 1. The highest BCUT2D eigenvalue weighted by atomic mass is 16.5. The zero-order chi connectivity index (χ0) is 23.8. The molecule has 0 spiro atoms. The number of carbonyl (C=O) groups is 1. The van der Waals surface area contributed by atoms with Gasteiger partial charge in [0.2, 0.25) is 0 Å². The van der Waals surface area contributed by atoms with E-state index in [1.54, 1.807) is 18.2 Å². The molecule has 4 atom stereocenters. The van der Waals surface area contributed by atoms with Gasteiger partial charge in [-0.3, -0.25) is 14.8 Å². The summed E-state index contributed by atoms with van der Waals surface area (Å²) < 4.78 is 10.9. The largest absolute Gasteiger partial charge is 0.457 e. The molecule has 2 fully saturated rings. The van der Waals surface area contributed by atoms with E-state index in [-0.39, 0.29) is 24.7 Å². The fraction of sp³-hybridized carbons (Fsp3) is 0.480. The zero-order valence-corrected chi connectivity index (χ0v) is 19.1. The molecule has 9 heteroatoms. The van der Waals surface area contributed by atoms with Gasteiger partial charge in [-0.15, -0.1) is 0 Å². The summed E-state index contributed by atoms with van der Waals surface area (Å²) >= 11 is 0. The summed E-state index contributed by atoms with van der Waals surface area (Å²) in [7, 11) is 0. The maximum atomic E-state index is 11.8. The fourth-order valence-electron chi connectivity index (χ4n) is 5.30. The van der Waals surface area contributed by atoms with E-state index in [9.17, 15) is 15.0 Å². The molecule has 1 aromatic heterocycles. The van der Waals surface area contributed by atoms with Crippen molar-refractivity contribution in [3.63, 3.8) is 0 Å². The van der Waals surface area contributed by atoms with Crippen LogP contribution >= 0.6 is 0 Å². The molecule has 3 unspecified atom stereocenters. The number of β-amino-alcohol motifs (C(OH)–C–C–N with tert-alkyl or cyclic N) is 1. The molecular formula is C25H28N4O5. The molecule has 9 nitrogen and oxygen atoms in total. The maximum absolute atomic E-state index is 11.8. The van der Waals surface area contributed by atoms with Crippen molar-refractivity contribution in [1.82, 2.24) is 14.8 Å². The van der Waals surface area contributed by atoms with E-state index >= 15 is 0 Å². The Balaban J connectivity index is 1.25. The Morgan fingerprint density at radius 3 is 2.59 bits per heavy atom. The molecule has 4 heterocycles. The van der Waals surface area contributed by atoms with Gasteiger partial charge in [-0.1, -0.05) is 6.07 Å². The Morgan fingerprint density at radius 2 is 1.91 bits per heavy atom. The zero-order valence-electron chi connectivity index (χ0n) is 19.1. The first-order valence-electron chi connectivity index (χ1n) is 11.5. The van der Waals surface area contributed by atoms with Crippen LogP contribution in [0.4, 0.5) is 0 Å². The molecular weight excluding hydrogens is 436 g/mol. The van der Waals surface area contributed by atoms with Gasteiger partial charge in [0.05, 0.1) is 36.1 Å². The first-order chi connectivity index (χ1) is 16.4. The number of rotatable bonds is 6. The van der Waals surface area contributed by atoms with Gasteiger partial charge in [-0.05, 0) is 36.2 Å². The van der Waals surface area contributed by atoms with Crippen LogP contribution in [0.1, 0.15) is 50.5 Å². The van der Waals surface area contributed by atoms with Crippen molar-refractivity contribution in [3.8, 4) is 6.07 Å². The first kappa shape index (κ1) is 22.9. The highest BCUT2D eigenvalue weighted by Gasteiger charge is 2.40. The number of aliphatic hydroxyl groups excluding tert-OH is 2. The lowest BCUT2D eigenvalue weighted by Gasteiger charge is -2.50. The van der Waals surface area contributed by atoms with E-state index in [0.29, 0.717) is 56.2 Å². The molecule has 2 bridgehead atoms. The normalized spacial score (nSPS) is 24.2. The summed E-state index contributed by atoms with van der Waals surface area (Å²) in [6.45, 7) is 5.66. The Kier molecular flexibility index (Phi) is 6.34. The number of esters is 1. The average Bonchev–Trinajstić information content (AvgIpc) is 3.21. The number of piperazine rings is 1. The van der Waals surface area contributed by atoms with Gasteiger partial charge in [-0.25, -0.2) is 4.79 Å². The van der Waals surface area contributed by atoms with Crippen molar-refractivity contribution < 1.29 is 24.5 Å². The molecule has 3 aliphatic rings. The summed E-state index contributed by atoms with van der Waals surface area (Å²) in [5.74, 6) is -0.305. The highest BCUT2D eigenvalue weighted by Crippen LogP contribution is 2.31. The molecule has 0 aliphatic carbocycles. The van der Waals surface area contributed by atoms with Gasteiger partial charge in [0.1, 0.15) is 18.8 Å². The number of nitriles is 1. The minimum atomic E-state index is -0.745. The van der Waals surface area contributed by atoms with Gasteiger partial charge < -0.3 is 19.7 Å².